The molecule has 21 heavy (non-hydrogen) atoms. The average Bonchev–Trinajstić information content (AvgIpc) is 2.37. The third-order valence-corrected chi connectivity index (χ3v) is 3.04. The number of methoxy groups -OCH3 is 1. The number of ketones is 1. The van der Waals surface area contributed by atoms with Gasteiger partial charge in [-0.2, -0.15) is 0 Å². The highest BCUT2D eigenvalue weighted by Gasteiger charge is 2.11. The Balaban J connectivity index is 2.50. The van der Waals surface area contributed by atoms with E-state index < -0.39 is 0 Å². The minimum absolute atomic E-state index is 0.176. The van der Waals surface area contributed by atoms with Gasteiger partial charge in [0.05, 0.1) is 19.0 Å². The topological polar surface area (TPSA) is 88.3 Å². The Bertz CT molecular complexity index is 777. The van der Waals surface area contributed by atoms with Gasteiger partial charge in [-0.25, -0.2) is 0 Å². The van der Waals surface area contributed by atoms with Crippen molar-refractivity contribution in [2.45, 2.75) is 20.3 Å². The number of aromatic nitrogens is 1. The molecular weight excluding hydrogens is 272 g/mol. The Morgan fingerprint density at radius 3 is 2.62 bits per heavy atom. The number of hydrogen-bond acceptors (Lipinski definition) is 4. The number of Topliss-reactive ketones (excluding diaryl/α,β-unsaturated/α-hetero) is 1. The summed E-state index contributed by atoms with van der Waals surface area (Å²) in [4.78, 5) is 36.9. The molecule has 0 atom stereocenters. The van der Waals surface area contributed by atoms with Crippen LogP contribution in [0.1, 0.15) is 18.9 Å². The zero-order valence-electron chi connectivity index (χ0n) is 12.1. The van der Waals surface area contributed by atoms with Gasteiger partial charge in [0.25, 0.3) is 0 Å². The first-order chi connectivity index (χ1) is 9.90. The van der Waals surface area contributed by atoms with Crippen molar-refractivity contribution in [1.29, 1.82) is 0 Å². The maximum Gasteiger partial charge on any atom is 0.248 e. The summed E-state index contributed by atoms with van der Waals surface area (Å²) >= 11 is 0. The van der Waals surface area contributed by atoms with E-state index in [4.69, 9.17) is 4.74 Å². The quantitative estimate of drug-likeness (QED) is 0.839. The Labute approximate surface area is 121 Å². The average molecular weight is 288 g/mol. The van der Waals surface area contributed by atoms with Gasteiger partial charge in [-0.3, -0.25) is 14.4 Å². The van der Waals surface area contributed by atoms with Crippen LogP contribution in [0.4, 0.5) is 5.69 Å². The number of hydrogen-bond donors (Lipinski definition) is 2. The third kappa shape index (κ3) is 3.28. The number of fused-ring (bicyclic) bond motifs is 1. The number of aromatic amines is 1. The predicted octanol–water partition coefficient (Wildman–Crippen LogP) is 1.76. The lowest BCUT2D eigenvalue weighted by atomic mass is 10.1. The van der Waals surface area contributed by atoms with Crippen molar-refractivity contribution in [1.82, 2.24) is 4.98 Å². The molecule has 6 nitrogen and oxygen atoms in total. The van der Waals surface area contributed by atoms with E-state index in [9.17, 15) is 14.4 Å². The van der Waals surface area contributed by atoms with Gasteiger partial charge >= 0.3 is 0 Å². The molecule has 1 aromatic carbocycles. The van der Waals surface area contributed by atoms with Crippen molar-refractivity contribution in [3.8, 4) is 5.75 Å². The summed E-state index contributed by atoms with van der Waals surface area (Å²) in [6.07, 6.45) is -0.176. The van der Waals surface area contributed by atoms with Crippen molar-refractivity contribution in [3.05, 3.63) is 34.1 Å². The standard InChI is InChI=1S/C15H16N2O4/c1-8-4-13(19)17-15-11(8)6-10(7-12(15)21-3)16-14(20)5-9(2)18/h4,6-7H,5H2,1-3H3,(H,16,20)(H,17,19). The number of amides is 1. The van der Waals surface area contributed by atoms with Crippen LogP contribution >= 0.6 is 0 Å². The van der Waals surface area contributed by atoms with Crippen LogP contribution in [0, 0.1) is 6.92 Å². The van der Waals surface area contributed by atoms with Crippen LogP contribution in [-0.4, -0.2) is 23.8 Å². The van der Waals surface area contributed by atoms with Crippen LogP contribution in [0.2, 0.25) is 0 Å². The smallest absolute Gasteiger partial charge is 0.248 e. The molecule has 110 valence electrons. The Morgan fingerprint density at radius 1 is 1.29 bits per heavy atom. The van der Waals surface area contributed by atoms with Crippen LogP contribution < -0.4 is 15.6 Å². The van der Waals surface area contributed by atoms with Gasteiger partial charge < -0.3 is 15.0 Å². The van der Waals surface area contributed by atoms with Crippen LogP contribution in [0.5, 0.6) is 5.75 Å². The highest BCUT2D eigenvalue weighted by Crippen LogP contribution is 2.29. The monoisotopic (exact) mass is 288 g/mol. The SMILES string of the molecule is COc1cc(NC(=O)CC(C)=O)cc2c(C)cc(=O)[nH]c12. The molecule has 1 heterocycles. The molecule has 0 aliphatic rings. The first-order valence-corrected chi connectivity index (χ1v) is 6.41. The van der Waals surface area contributed by atoms with E-state index >= 15 is 0 Å². The fourth-order valence-electron chi connectivity index (χ4n) is 2.15. The van der Waals surface area contributed by atoms with Gasteiger partial charge in [0.2, 0.25) is 11.5 Å². The highest BCUT2D eigenvalue weighted by atomic mass is 16.5. The van der Waals surface area contributed by atoms with E-state index in [0.29, 0.717) is 17.0 Å². The van der Waals surface area contributed by atoms with E-state index in [-0.39, 0.29) is 23.7 Å². The molecule has 0 aliphatic carbocycles. The maximum absolute atomic E-state index is 11.7. The van der Waals surface area contributed by atoms with E-state index in [1.165, 1.54) is 20.1 Å². The number of pyridine rings is 1. The molecule has 0 aliphatic heterocycles. The zero-order chi connectivity index (χ0) is 15.6. The van der Waals surface area contributed by atoms with Crippen molar-refractivity contribution < 1.29 is 14.3 Å². The second-order valence-corrected chi connectivity index (χ2v) is 4.84. The van der Waals surface area contributed by atoms with Gasteiger partial charge in [0.1, 0.15) is 11.5 Å². The van der Waals surface area contributed by atoms with E-state index in [1.54, 1.807) is 19.1 Å². The number of carbonyl (C=O) groups is 2. The number of H-pyrrole nitrogens is 1. The summed E-state index contributed by atoms with van der Waals surface area (Å²) < 4.78 is 5.25. The van der Waals surface area contributed by atoms with Gasteiger partial charge in [-0.1, -0.05) is 0 Å². The molecule has 0 spiro atoms. The Morgan fingerprint density at radius 2 is 2.00 bits per heavy atom. The lowest BCUT2D eigenvalue weighted by Crippen LogP contribution is -2.15. The second kappa shape index (κ2) is 5.78. The number of ether oxygens (including phenoxy) is 1. The molecule has 1 amide bonds. The van der Waals surface area contributed by atoms with Crippen molar-refractivity contribution in [2.75, 3.05) is 12.4 Å². The van der Waals surface area contributed by atoms with Gasteiger partial charge in [-0.05, 0) is 25.5 Å². The fourth-order valence-corrected chi connectivity index (χ4v) is 2.15. The summed E-state index contributed by atoms with van der Waals surface area (Å²) in [5.74, 6) is -0.141. The minimum Gasteiger partial charge on any atom is -0.494 e. The van der Waals surface area contributed by atoms with Crippen LogP contribution in [0.25, 0.3) is 10.9 Å². The number of rotatable bonds is 4. The van der Waals surface area contributed by atoms with E-state index in [1.807, 2.05) is 0 Å². The molecule has 0 saturated carbocycles. The maximum atomic E-state index is 11.7. The van der Waals surface area contributed by atoms with Crippen molar-refractivity contribution >= 4 is 28.3 Å². The number of carbonyl (C=O) groups excluding carboxylic acids is 2. The Kier molecular flexibility index (Phi) is 4.07. The van der Waals surface area contributed by atoms with Gasteiger partial charge in [-0.15, -0.1) is 0 Å². The molecule has 0 fully saturated rings. The fraction of sp³-hybridized carbons (Fsp3) is 0.267. The molecular formula is C15H16N2O4. The highest BCUT2D eigenvalue weighted by molar-refractivity contribution is 6.04. The van der Waals surface area contributed by atoms with Crippen LogP contribution in [0.3, 0.4) is 0 Å². The molecule has 0 radical (unpaired) electrons. The summed E-state index contributed by atoms with van der Waals surface area (Å²) in [5.41, 5.74) is 1.65. The summed E-state index contributed by atoms with van der Waals surface area (Å²) in [6, 6.07) is 4.82. The largest absolute Gasteiger partial charge is 0.494 e. The number of anilines is 1. The van der Waals surface area contributed by atoms with Crippen molar-refractivity contribution in [3.63, 3.8) is 0 Å². The van der Waals surface area contributed by atoms with Gasteiger partial charge in [0, 0.05) is 23.2 Å². The lowest BCUT2D eigenvalue weighted by Gasteiger charge is -2.11. The van der Waals surface area contributed by atoms with Crippen LogP contribution in [0.15, 0.2) is 23.0 Å². The molecule has 2 rings (SSSR count). The first kappa shape index (κ1) is 14.8. The number of benzene rings is 1. The summed E-state index contributed by atoms with van der Waals surface area (Å²) in [7, 11) is 1.48. The second-order valence-electron chi connectivity index (χ2n) is 4.84. The molecule has 0 bridgehead atoms. The first-order valence-electron chi connectivity index (χ1n) is 6.41. The number of aryl methyl sites for hydroxylation is 1. The van der Waals surface area contributed by atoms with Crippen molar-refractivity contribution in [2.24, 2.45) is 0 Å². The van der Waals surface area contributed by atoms with Gasteiger partial charge in [0.15, 0.2) is 0 Å². The van der Waals surface area contributed by atoms with E-state index in [0.717, 1.165) is 10.9 Å². The molecule has 2 N–H and O–H groups in total. The molecule has 6 heteroatoms. The zero-order valence-corrected chi connectivity index (χ0v) is 12.1. The summed E-state index contributed by atoms with van der Waals surface area (Å²) in [5, 5.41) is 3.42. The Hall–Kier alpha value is -2.63. The predicted molar refractivity (Wildman–Crippen MR) is 79.8 cm³/mol. The molecule has 1 aromatic heterocycles. The number of nitrogens with one attached hydrogen (secondary N) is 2. The van der Waals surface area contributed by atoms with E-state index in [2.05, 4.69) is 10.3 Å². The normalized spacial score (nSPS) is 10.4. The molecule has 0 unspecified atom stereocenters. The lowest BCUT2D eigenvalue weighted by molar-refractivity contribution is -0.124. The third-order valence-electron chi connectivity index (χ3n) is 3.04. The molecule has 2 aromatic rings. The molecule has 0 saturated heterocycles. The van der Waals surface area contributed by atoms with Crippen LogP contribution in [-0.2, 0) is 9.59 Å². The minimum atomic E-state index is -0.383. The summed E-state index contributed by atoms with van der Waals surface area (Å²) in [6.45, 7) is 3.16.